The number of hydrogen-bond acceptors (Lipinski definition) is 10. The third-order valence-corrected chi connectivity index (χ3v) is 6.11. The van der Waals surface area contributed by atoms with E-state index in [-0.39, 0.29) is 5.91 Å². The third kappa shape index (κ3) is 3.59. The SMILES string of the molecule is CCN1C(=O)Cc2cnc(N3CCN(c4nc(N)c5cc(OC)c(OC)cc5n4)CC3)nc21. The highest BCUT2D eigenvalue weighted by Gasteiger charge is 2.30. The number of ether oxygens (including phenoxy) is 2. The largest absolute Gasteiger partial charge is 0.493 e. The van der Waals surface area contributed by atoms with Gasteiger partial charge in [-0.2, -0.15) is 9.97 Å². The van der Waals surface area contributed by atoms with Gasteiger partial charge in [-0.3, -0.25) is 9.69 Å². The van der Waals surface area contributed by atoms with E-state index in [1.54, 1.807) is 31.4 Å². The van der Waals surface area contributed by atoms with E-state index in [9.17, 15) is 4.79 Å². The zero-order chi connectivity index (χ0) is 23.1. The van der Waals surface area contributed by atoms with E-state index < -0.39 is 0 Å². The number of hydrogen-bond donors (Lipinski definition) is 1. The molecule has 2 aliphatic heterocycles. The molecule has 2 N–H and O–H groups in total. The van der Waals surface area contributed by atoms with Gasteiger partial charge in [0.2, 0.25) is 17.8 Å². The summed E-state index contributed by atoms with van der Waals surface area (Å²) >= 11 is 0. The first-order valence-corrected chi connectivity index (χ1v) is 10.9. The van der Waals surface area contributed by atoms with Crippen LogP contribution in [0.5, 0.6) is 11.5 Å². The number of benzene rings is 1. The Morgan fingerprint density at radius 2 is 1.64 bits per heavy atom. The summed E-state index contributed by atoms with van der Waals surface area (Å²) in [5.41, 5.74) is 7.83. The molecule has 2 aromatic heterocycles. The van der Waals surface area contributed by atoms with Gasteiger partial charge >= 0.3 is 0 Å². The van der Waals surface area contributed by atoms with Gasteiger partial charge in [-0.15, -0.1) is 0 Å². The topological polar surface area (TPSA) is 123 Å². The lowest BCUT2D eigenvalue weighted by Crippen LogP contribution is -2.47. The van der Waals surface area contributed by atoms with Crippen LogP contribution in [0.15, 0.2) is 18.3 Å². The molecule has 4 heterocycles. The molecule has 0 bridgehead atoms. The van der Waals surface area contributed by atoms with Crippen molar-refractivity contribution >= 4 is 40.3 Å². The van der Waals surface area contributed by atoms with Crippen LogP contribution in [0.3, 0.4) is 0 Å². The zero-order valence-corrected chi connectivity index (χ0v) is 18.9. The predicted octanol–water partition coefficient (Wildman–Crippen LogP) is 1.25. The lowest BCUT2D eigenvalue weighted by molar-refractivity contribution is -0.117. The Morgan fingerprint density at radius 1 is 0.970 bits per heavy atom. The summed E-state index contributed by atoms with van der Waals surface area (Å²) in [5.74, 6) is 3.58. The number of piperazine rings is 1. The van der Waals surface area contributed by atoms with Crippen molar-refractivity contribution in [3.8, 4) is 11.5 Å². The van der Waals surface area contributed by atoms with E-state index in [2.05, 4.69) is 19.8 Å². The lowest BCUT2D eigenvalue weighted by Gasteiger charge is -2.35. The van der Waals surface area contributed by atoms with Gasteiger partial charge in [0.05, 0.1) is 26.2 Å². The number of aromatic nitrogens is 4. The minimum absolute atomic E-state index is 0.0732. The molecule has 3 aromatic rings. The van der Waals surface area contributed by atoms with Crippen LogP contribution in [0.1, 0.15) is 12.5 Å². The minimum atomic E-state index is 0.0732. The molecule has 2 aliphatic rings. The number of methoxy groups -OCH3 is 2. The molecule has 1 saturated heterocycles. The fraction of sp³-hybridized carbons (Fsp3) is 0.409. The van der Waals surface area contributed by atoms with Crippen molar-refractivity contribution in [2.45, 2.75) is 13.3 Å². The summed E-state index contributed by atoms with van der Waals surface area (Å²) in [6.07, 6.45) is 2.14. The number of nitrogens with two attached hydrogens (primary N) is 1. The van der Waals surface area contributed by atoms with Gasteiger partial charge < -0.3 is 25.0 Å². The van der Waals surface area contributed by atoms with Gasteiger partial charge in [-0.1, -0.05) is 0 Å². The number of anilines is 4. The number of carbonyl (C=O) groups excluding carboxylic acids is 1. The number of amides is 1. The maximum atomic E-state index is 12.1. The fourth-order valence-electron chi connectivity index (χ4n) is 4.32. The smallest absolute Gasteiger partial charge is 0.232 e. The van der Waals surface area contributed by atoms with Crippen molar-refractivity contribution in [3.63, 3.8) is 0 Å². The first-order chi connectivity index (χ1) is 16.0. The molecule has 0 radical (unpaired) electrons. The summed E-state index contributed by atoms with van der Waals surface area (Å²) in [7, 11) is 3.17. The summed E-state index contributed by atoms with van der Waals surface area (Å²) in [5, 5.41) is 0.719. The third-order valence-electron chi connectivity index (χ3n) is 6.11. The predicted molar refractivity (Wildman–Crippen MR) is 125 cm³/mol. The van der Waals surface area contributed by atoms with E-state index in [0.717, 1.165) is 16.8 Å². The molecule has 0 aliphatic carbocycles. The molecule has 33 heavy (non-hydrogen) atoms. The van der Waals surface area contributed by atoms with E-state index >= 15 is 0 Å². The average Bonchev–Trinajstić information content (AvgIpc) is 3.17. The van der Waals surface area contributed by atoms with E-state index in [1.165, 1.54) is 0 Å². The standard InChI is InChI=1S/C22H26N8O3/c1-4-30-18(31)9-13-12-24-21(27-20(13)30)28-5-7-29(8-6-28)22-25-15-11-17(33-3)16(32-2)10-14(15)19(23)26-22/h10-12H,4-9H2,1-3H3,(H2,23,25,26). The zero-order valence-electron chi connectivity index (χ0n) is 18.9. The molecule has 0 spiro atoms. The molecule has 172 valence electrons. The first kappa shape index (κ1) is 21.0. The Labute approximate surface area is 191 Å². The van der Waals surface area contributed by atoms with Gasteiger partial charge in [0.1, 0.15) is 11.6 Å². The Kier molecular flexibility index (Phi) is 5.23. The Balaban J connectivity index is 1.35. The maximum absolute atomic E-state index is 12.1. The van der Waals surface area contributed by atoms with Crippen molar-refractivity contribution in [2.75, 3.05) is 67.4 Å². The quantitative estimate of drug-likeness (QED) is 0.607. The molecule has 1 amide bonds. The fourth-order valence-corrected chi connectivity index (χ4v) is 4.32. The van der Waals surface area contributed by atoms with Crippen molar-refractivity contribution in [3.05, 3.63) is 23.9 Å². The summed E-state index contributed by atoms with van der Waals surface area (Å²) in [4.78, 5) is 36.5. The van der Waals surface area contributed by atoms with E-state index in [1.807, 2.05) is 13.0 Å². The normalized spacial score (nSPS) is 15.8. The van der Waals surface area contributed by atoms with Crippen LogP contribution in [-0.4, -0.2) is 72.8 Å². The molecule has 1 fully saturated rings. The van der Waals surface area contributed by atoms with Crippen LogP contribution < -0.4 is 29.9 Å². The van der Waals surface area contributed by atoms with Crippen molar-refractivity contribution < 1.29 is 14.3 Å². The van der Waals surface area contributed by atoms with Gasteiger partial charge in [-0.25, -0.2) is 9.97 Å². The summed E-state index contributed by atoms with van der Waals surface area (Å²) in [6, 6.07) is 3.60. The summed E-state index contributed by atoms with van der Waals surface area (Å²) < 4.78 is 10.8. The number of fused-ring (bicyclic) bond motifs is 2. The van der Waals surface area contributed by atoms with Crippen LogP contribution in [-0.2, 0) is 11.2 Å². The highest BCUT2D eigenvalue weighted by atomic mass is 16.5. The molecule has 0 saturated carbocycles. The molecular weight excluding hydrogens is 424 g/mol. The van der Waals surface area contributed by atoms with Gasteiger partial charge in [0.15, 0.2) is 11.5 Å². The maximum Gasteiger partial charge on any atom is 0.232 e. The molecule has 1 aromatic carbocycles. The van der Waals surface area contributed by atoms with Crippen LogP contribution in [0.2, 0.25) is 0 Å². The highest BCUT2D eigenvalue weighted by molar-refractivity contribution is 6.00. The number of rotatable bonds is 5. The first-order valence-electron chi connectivity index (χ1n) is 10.9. The van der Waals surface area contributed by atoms with Gasteiger partial charge in [0.25, 0.3) is 0 Å². The number of likely N-dealkylation sites (N-methyl/N-ethyl adjacent to an activating group) is 1. The molecular formula is C22H26N8O3. The Hall–Kier alpha value is -3.89. The van der Waals surface area contributed by atoms with E-state index in [0.29, 0.717) is 73.9 Å². The van der Waals surface area contributed by atoms with Crippen LogP contribution in [0.4, 0.5) is 23.5 Å². The lowest BCUT2D eigenvalue weighted by atomic mass is 10.2. The van der Waals surface area contributed by atoms with Gasteiger partial charge in [-0.05, 0) is 13.0 Å². The second-order valence-corrected chi connectivity index (χ2v) is 7.94. The second-order valence-electron chi connectivity index (χ2n) is 7.94. The van der Waals surface area contributed by atoms with Gasteiger partial charge in [0, 0.05) is 55.9 Å². The van der Waals surface area contributed by atoms with E-state index in [4.69, 9.17) is 25.2 Å². The molecule has 0 unspecified atom stereocenters. The minimum Gasteiger partial charge on any atom is -0.493 e. The Bertz CT molecular complexity index is 1230. The molecule has 5 rings (SSSR count). The monoisotopic (exact) mass is 450 g/mol. The molecule has 0 atom stereocenters. The van der Waals surface area contributed by atoms with Crippen molar-refractivity contribution in [2.24, 2.45) is 0 Å². The summed E-state index contributed by atoms with van der Waals surface area (Å²) in [6.45, 7) is 5.34. The van der Waals surface area contributed by atoms with Crippen molar-refractivity contribution in [1.29, 1.82) is 0 Å². The molecule has 11 heteroatoms. The number of nitrogens with zero attached hydrogens (tertiary/aromatic N) is 7. The Morgan fingerprint density at radius 3 is 2.30 bits per heavy atom. The molecule has 11 nitrogen and oxygen atoms in total. The number of carbonyl (C=O) groups is 1. The number of nitrogen functional groups attached to an aromatic ring is 1. The van der Waals surface area contributed by atoms with Crippen molar-refractivity contribution in [1.82, 2.24) is 19.9 Å². The van der Waals surface area contributed by atoms with Crippen LogP contribution in [0, 0.1) is 0 Å². The van der Waals surface area contributed by atoms with Crippen LogP contribution >= 0.6 is 0 Å². The van der Waals surface area contributed by atoms with Crippen LogP contribution in [0.25, 0.3) is 10.9 Å². The highest BCUT2D eigenvalue weighted by Crippen LogP contribution is 2.34. The average molecular weight is 451 g/mol. The second kappa shape index (κ2) is 8.23.